The first kappa shape index (κ1) is 17.9. The van der Waals surface area contributed by atoms with Crippen molar-refractivity contribution >= 4 is 11.8 Å². The molecule has 1 unspecified atom stereocenters. The maximum atomic E-state index is 11.8. The second kappa shape index (κ2) is 9.73. The molecular formula is C15H29N3O3. The Bertz CT molecular complexity index is 328. The van der Waals surface area contributed by atoms with E-state index in [1.807, 2.05) is 13.8 Å². The van der Waals surface area contributed by atoms with E-state index in [1.165, 1.54) is 0 Å². The Hall–Kier alpha value is -1.14. The van der Waals surface area contributed by atoms with E-state index < -0.39 is 6.04 Å². The molecule has 1 fully saturated rings. The topological polar surface area (TPSA) is 79.5 Å². The lowest BCUT2D eigenvalue weighted by Crippen LogP contribution is -2.45. The van der Waals surface area contributed by atoms with Crippen LogP contribution in [0.1, 0.15) is 40.0 Å². The molecule has 0 saturated carbocycles. The fraction of sp³-hybridized carbons (Fsp3) is 0.867. The molecule has 6 nitrogen and oxygen atoms in total. The van der Waals surface area contributed by atoms with Gasteiger partial charge in [-0.3, -0.25) is 9.59 Å². The van der Waals surface area contributed by atoms with Gasteiger partial charge in [0.05, 0.1) is 12.7 Å². The van der Waals surface area contributed by atoms with Crippen molar-refractivity contribution in [3.05, 3.63) is 0 Å². The first-order valence-electron chi connectivity index (χ1n) is 7.88. The SMILES string of the molecule is CC(C)CNC(=O)C(C)NC(=O)CCOC1CCNCC1. The van der Waals surface area contributed by atoms with Crippen LogP contribution in [0.2, 0.25) is 0 Å². The molecule has 1 heterocycles. The number of ether oxygens (including phenoxy) is 1. The van der Waals surface area contributed by atoms with Crippen LogP contribution in [0.5, 0.6) is 0 Å². The average molecular weight is 299 g/mol. The van der Waals surface area contributed by atoms with E-state index in [1.54, 1.807) is 6.92 Å². The Labute approximate surface area is 127 Å². The highest BCUT2D eigenvalue weighted by molar-refractivity contribution is 5.87. The molecule has 0 aromatic heterocycles. The number of amides is 2. The Morgan fingerprint density at radius 2 is 1.90 bits per heavy atom. The molecule has 0 bridgehead atoms. The number of carbonyl (C=O) groups is 2. The fourth-order valence-electron chi connectivity index (χ4n) is 2.12. The van der Waals surface area contributed by atoms with Crippen LogP contribution < -0.4 is 16.0 Å². The molecule has 3 N–H and O–H groups in total. The Balaban J connectivity index is 2.12. The zero-order chi connectivity index (χ0) is 15.7. The maximum Gasteiger partial charge on any atom is 0.242 e. The van der Waals surface area contributed by atoms with E-state index in [2.05, 4.69) is 16.0 Å². The summed E-state index contributed by atoms with van der Waals surface area (Å²) in [5.74, 6) is 0.114. The number of nitrogens with one attached hydrogen (secondary N) is 3. The molecule has 1 aliphatic heterocycles. The van der Waals surface area contributed by atoms with E-state index in [0.717, 1.165) is 25.9 Å². The van der Waals surface area contributed by atoms with E-state index >= 15 is 0 Å². The third-order valence-electron chi connectivity index (χ3n) is 3.42. The molecule has 1 rings (SSSR count). The summed E-state index contributed by atoms with van der Waals surface area (Å²) in [6, 6.07) is -0.505. The predicted octanol–water partition coefficient (Wildman–Crippen LogP) is 0.422. The van der Waals surface area contributed by atoms with Gasteiger partial charge in [0.25, 0.3) is 0 Å². The normalized spacial score (nSPS) is 17.5. The summed E-state index contributed by atoms with van der Waals surface area (Å²) in [5.41, 5.74) is 0. The van der Waals surface area contributed by atoms with Crippen LogP contribution in [0.15, 0.2) is 0 Å². The van der Waals surface area contributed by atoms with E-state index in [0.29, 0.717) is 25.5 Å². The summed E-state index contributed by atoms with van der Waals surface area (Å²) in [6.45, 7) is 8.74. The molecule has 122 valence electrons. The highest BCUT2D eigenvalue weighted by atomic mass is 16.5. The van der Waals surface area contributed by atoms with Gasteiger partial charge < -0.3 is 20.7 Å². The van der Waals surface area contributed by atoms with Crippen molar-refractivity contribution in [3.63, 3.8) is 0 Å². The van der Waals surface area contributed by atoms with Gasteiger partial charge >= 0.3 is 0 Å². The van der Waals surface area contributed by atoms with Gasteiger partial charge in [0.15, 0.2) is 0 Å². The Morgan fingerprint density at radius 1 is 1.24 bits per heavy atom. The zero-order valence-electron chi connectivity index (χ0n) is 13.4. The lowest BCUT2D eigenvalue weighted by molar-refractivity contribution is -0.129. The highest BCUT2D eigenvalue weighted by Gasteiger charge is 2.17. The quantitative estimate of drug-likeness (QED) is 0.607. The van der Waals surface area contributed by atoms with Crippen molar-refractivity contribution in [2.75, 3.05) is 26.2 Å². The van der Waals surface area contributed by atoms with Crippen LogP contribution in [0.4, 0.5) is 0 Å². The molecule has 0 aromatic rings. The standard InChI is InChI=1S/C15H29N3O3/c1-11(2)10-17-15(20)12(3)18-14(19)6-9-21-13-4-7-16-8-5-13/h11-13,16H,4-10H2,1-3H3,(H,17,20)(H,18,19). The Morgan fingerprint density at radius 3 is 2.52 bits per heavy atom. The number of hydrogen-bond donors (Lipinski definition) is 3. The van der Waals surface area contributed by atoms with Crippen LogP contribution >= 0.6 is 0 Å². The maximum absolute atomic E-state index is 11.8. The second-order valence-corrected chi connectivity index (χ2v) is 6.00. The molecule has 2 amide bonds. The third kappa shape index (κ3) is 8.02. The van der Waals surface area contributed by atoms with E-state index in [4.69, 9.17) is 4.74 Å². The highest BCUT2D eigenvalue weighted by Crippen LogP contribution is 2.07. The van der Waals surface area contributed by atoms with Gasteiger partial charge in [0.2, 0.25) is 11.8 Å². The summed E-state index contributed by atoms with van der Waals surface area (Å²) < 4.78 is 5.67. The van der Waals surface area contributed by atoms with E-state index in [-0.39, 0.29) is 17.9 Å². The smallest absolute Gasteiger partial charge is 0.242 e. The minimum Gasteiger partial charge on any atom is -0.378 e. The summed E-state index contributed by atoms with van der Waals surface area (Å²) in [7, 11) is 0. The Kier molecular flexibility index (Phi) is 8.30. The summed E-state index contributed by atoms with van der Waals surface area (Å²) in [4.78, 5) is 23.5. The van der Waals surface area contributed by atoms with Crippen LogP contribution in [-0.2, 0) is 14.3 Å². The van der Waals surface area contributed by atoms with Crippen LogP contribution in [0, 0.1) is 5.92 Å². The van der Waals surface area contributed by atoms with E-state index in [9.17, 15) is 9.59 Å². The molecular weight excluding hydrogens is 270 g/mol. The number of piperidine rings is 1. The molecule has 1 aliphatic rings. The van der Waals surface area contributed by atoms with Gasteiger partial charge in [-0.15, -0.1) is 0 Å². The molecule has 0 aromatic carbocycles. The lowest BCUT2D eigenvalue weighted by atomic mass is 10.1. The molecule has 0 aliphatic carbocycles. The monoisotopic (exact) mass is 299 g/mol. The first-order valence-corrected chi connectivity index (χ1v) is 7.88. The number of hydrogen-bond acceptors (Lipinski definition) is 4. The van der Waals surface area contributed by atoms with Gasteiger partial charge in [-0.1, -0.05) is 13.8 Å². The first-order chi connectivity index (χ1) is 9.99. The van der Waals surface area contributed by atoms with Gasteiger partial charge in [0, 0.05) is 13.0 Å². The van der Waals surface area contributed by atoms with Crippen molar-refractivity contribution in [2.24, 2.45) is 5.92 Å². The molecule has 1 saturated heterocycles. The minimum atomic E-state index is -0.505. The van der Waals surface area contributed by atoms with Crippen LogP contribution in [0.25, 0.3) is 0 Å². The molecule has 1 atom stereocenters. The number of carbonyl (C=O) groups excluding carboxylic acids is 2. The van der Waals surface area contributed by atoms with Gasteiger partial charge in [-0.05, 0) is 38.8 Å². The van der Waals surface area contributed by atoms with Crippen molar-refractivity contribution < 1.29 is 14.3 Å². The fourth-order valence-corrected chi connectivity index (χ4v) is 2.12. The number of rotatable bonds is 8. The van der Waals surface area contributed by atoms with Crippen LogP contribution in [-0.4, -0.2) is 50.2 Å². The largest absolute Gasteiger partial charge is 0.378 e. The third-order valence-corrected chi connectivity index (χ3v) is 3.42. The molecule has 0 radical (unpaired) electrons. The van der Waals surface area contributed by atoms with Crippen molar-refractivity contribution in [3.8, 4) is 0 Å². The van der Waals surface area contributed by atoms with Crippen LogP contribution in [0.3, 0.4) is 0 Å². The van der Waals surface area contributed by atoms with Gasteiger partial charge in [-0.2, -0.15) is 0 Å². The summed E-state index contributed by atoms with van der Waals surface area (Å²) in [5, 5.41) is 8.77. The zero-order valence-corrected chi connectivity index (χ0v) is 13.4. The second-order valence-electron chi connectivity index (χ2n) is 6.00. The summed E-state index contributed by atoms with van der Waals surface area (Å²) >= 11 is 0. The van der Waals surface area contributed by atoms with Crippen molar-refractivity contribution in [1.82, 2.24) is 16.0 Å². The predicted molar refractivity (Wildman–Crippen MR) is 81.9 cm³/mol. The van der Waals surface area contributed by atoms with Gasteiger partial charge in [0.1, 0.15) is 6.04 Å². The molecule has 21 heavy (non-hydrogen) atoms. The average Bonchev–Trinajstić information content (AvgIpc) is 2.45. The lowest BCUT2D eigenvalue weighted by Gasteiger charge is -2.23. The molecule has 6 heteroatoms. The van der Waals surface area contributed by atoms with Crippen molar-refractivity contribution in [1.29, 1.82) is 0 Å². The molecule has 0 spiro atoms. The summed E-state index contributed by atoms with van der Waals surface area (Å²) in [6.07, 6.45) is 2.54. The van der Waals surface area contributed by atoms with Gasteiger partial charge in [-0.25, -0.2) is 0 Å². The minimum absolute atomic E-state index is 0.142. The van der Waals surface area contributed by atoms with Crippen molar-refractivity contribution in [2.45, 2.75) is 52.2 Å².